The molecule has 0 bridgehead atoms. The summed E-state index contributed by atoms with van der Waals surface area (Å²) in [5, 5.41) is 7.59. The molecule has 0 radical (unpaired) electrons. The molecule has 2 heterocycles. The lowest BCUT2D eigenvalue weighted by Crippen LogP contribution is -2.48. The van der Waals surface area contributed by atoms with Gasteiger partial charge in [0.2, 0.25) is 5.95 Å². The number of nitrogens with one attached hydrogen (secondary N) is 1. The first-order valence-electron chi connectivity index (χ1n) is 7.08. The van der Waals surface area contributed by atoms with Gasteiger partial charge in [0, 0.05) is 44.0 Å². The van der Waals surface area contributed by atoms with Gasteiger partial charge in [0.05, 0.1) is 5.84 Å². The Morgan fingerprint density at radius 2 is 1.85 bits per heavy atom. The second kappa shape index (κ2) is 6.17. The molecule has 2 rings (SSSR count). The molecule has 0 aliphatic carbocycles. The maximum Gasteiger partial charge on any atom is 0.225 e. The number of piperazine rings is 1. The van der Waals surface area contributed by atoms with Gasteiger partial charge in [0.1, 0.15) is 0 Å². The van der Waals surface area contributed by atoms with Gasteiger partial charge in [0.15, 0.2) is 0 Å². The number of hydrogen-bond acceptors (Lipinski definition) is 5. The number of nitrogens with zero attached hydrogens (tertiary/aromatic N) is 4. The van der Waals surface area contributed by atoms with Gasteiger partial charge in [0.25, 0.3) is 0 Å². The Hall–Kier alpha value is -1.69. The van der Waals surface area contributed by atoms with Gasteiger partial charge in [-0.05, 0) is 19.0 Å². The molecule has 0 amide bonds. The van der Waals surface area contributed by atoms with Gasteiger partial charge in [-0.2, -0.15) is 0 Å². The molecule has 6 nitrogen and oxygen atoms in total. The Morgan fingerprint density at radius 3 is 2.40 bits per heavy atom. The molecule has 1 aromatic heterocycles. The van der Waals surface area contributed by atoms with E-state index in [9.17, 15) is 0 Å². The van der Waals surface area contributed by atoms with E-state index >= 15 is 0 Å². The molecule has 1 aliphatic heterocycles. The summed E-state index contributed by atoms with van der Waals surface area (Å²) < 4.78 is 0. The van der Waals surface area contributed by atoms with Crippen LogP contribution in [0.15, 0.2) is 18.5 Å². The van der Waals surface area contributed by atoms with Crippen LogP contribution in [0.3, 0.4) is 0 Å². The van der Waals surface area contributed by atoms with Crippen molar-refractivity contribution in [3.05, 3.63) is 18.5 Å². The summed E-state index contributed by atoms with van der Waals surface area (Å²) in [6.07, 6.45) is 4.48. The molecule has 6 heteroatoms. The van der Waals surface area contributed by atoms with Crippen molar-refractivity contribution in [2.45, 2.75) is 20.3 Å². The van der Waals surface area contributed by atoms with Crippen LogP contribution < -0.4 is 10.6 Å². The highest BCUT2D eigenvalue weighted by Crippen LogP contribution is 2.20. The van der Waals surface area contributed by atoms with Crippen LogP contribution in [0, 0.1) is 10.8 Å². The third-order valence-corrected chi connectivity index (χ3v) is 3.99. The van der Waals surface area contributed by atoms with Crippen LogP contribution in [-0.4, -0.2) is 53.4 Å². The molecule has 1 aromatic rings. The second-order valence-corrected chi connectivity index (χ2v) is 5.93. The van der Waals surface area contributed by atoms with Crippen molar-refractivity contribution in [1.82, 2.24) is 14.9 Å². The van der Waals surface area contributed by atoms with E-state index in [1.807, 2.05) is 19.9 Å². The Morgan fingerprint density at radius 1 is 1.25 bits per heavy atom. The van der Waals surface area contributed by atoms with Gasteiger partial charge >= 0.3 is 0 Å². The number of amidine groups is 1. The van der Waals surface area contributed by atoms with E-state index in [1.165, 1.54) is 0 Å². The van der Waals surface area contributed by atoms with Crippen molar-refractivity contribution in [2.24, 2.45) is 11.1 Å². The van der Waals surface area contributed by atoms with Crippen molar-refractivity contribution in [2.75, 3.05) is 37.6 Å². The Labute approximate surface area is 120 Å². The van der Waals surface area contributed by atoms with Crippen LogP contribution >= 0.6 is 0 Å². The number of rotatable bonds is 5. The fourth-order valence-electron chi connectivity index (χ4n) is 2.20. The van der Waals surface area contributed by atoms with Crippen molar-refractivity contribution < 1.29 is 0 Å². The monoisotopic (exact) mass is 276 g/mol. The Balaban J connectivity index is 1.79. The van der Waals surface area contributed by atoms with Gasteiger partial charge in [-0.25, -0.2) is 9.97 Å². The van der Waals surface area contributed by atoms with Gasteiger partial charge in [-0.3, -0.25) is 10.3 Å². The van der Waals surface area contributed by atoms with E-state index in [1.54, 1.807) is 12.4 Å². The number of aromatic nitrogens is 2. The smallest absolute Gasteiger partial charge is 0.225 e. The average Bonchev–Trinajstić information content (AvgIpc) is 2.46. The first-order chi connectivity index (χ1) is 9.49. The molecule has 1 fully saturated rings. The van der Waals surface area contributed by atoms with Crippen LogP contribution in [0.4, 0.5) is 5.95 Å². The summed E-state index contributed by atoms with van der Waals surface area (Å²) in [6.45, 7) is 8.95. The third-order valence-electron chi connectivity index (χ3n) is 3.99. The Kier molecular flexibility index (Phi) is 4.54. The maximum atomic E-state index is 7.59. The van der Waals surface area contributed by atoms with Crippen molar-refractivity contribution in [3.8, 4) is 0 Å². The predicted octanol–water partition coefficient (Wildman–Crippen LogP) is 0.951. The van der Waals surface area contributed by atoms with Gasteiger partial charge in [-0.15, -0.1) is 0 Å². The molecular weight excluding hydrogens is 252 g/mol. The minimum absolute atomic E-state index is 0.209. The van der Waals surface area contributed by atoms with Crippen LogP contribution in [0.25, 0.3) is 0 Å². The molecular formula is C14H24N6. The summed E-state index contributed by atoms with van der Waals surface area (Å²) in [4.78, 5) is 13.2. The lowest BCUT2D eigenvalue weighted by molar-refractivity contribution is 0.231. The summed E-state index contributed by atoms with van der Waals surface area (Å²) in [5.74, 6) is 1.09. The molecule has 0 saturated carbocycles. The SMILES string of the molecule is CC(C)(CCN1CCN(c2ncccn2)CC1)C(=N)N. The lowest BCUT2D eigenvalue weighted by atomic mass is 9.88. The quantitative estimate of drug-likeness (QED) is 0.618. The van der Waals surface area contributed by atoms with E-state index in [0.717, 1.165) is 45.1 Å². The van der Waals surface area contributed by atoms with E-state index in [4.69, 9.17) is 11.1 Å². The summed E-state index contributed by atoms with van der Waals surface area (Å²) in [5.41, 5.74) is 5.42. The highest BCUT2D eigenvalue weighted by Gasteiger charge is 2.24. The lowest BCUT2D eigenvalue weighted by Gasteiger charge is -2.36. The van der Waals surface area contributed by atoms with E-state index < -0.39 is 0 Å². The third kappa shape index (κ3) is 3.66. The normalized spacial score (nSPS) is 17.2. The van der Waals surface area contributed by atoms with Gasteiger partial charge < -0.3 is 10.6 Å². The fraction of sp³-hybridized carbons (Fsp3) is 0.643. The zero-order valence-electron chi connectivity index (χ0n) is 12.3. The highest BCUT2D eigenvalue weighted by molar-refractivity contribution is 5.82. The molecule has 110 valence electrons. The number of hydrogen-bond donors (Lipinski definition) is 2. The zero-order chi connectivity index (χ0) is 14.6. The molecule has 1 aliphatic rings. The van der Waals surface area contributed by atoms with E-state index in [2.05, 4.69) is 19.8 Å². The topological polar surface area (TPSA) is 82.1 Å². The number of nitrogens with two attached hydrogens (primary N) is 1. The summed E-state index contributed by atoms with van der Waals surface area (Å²) in [7, 11) is 0. The molecule has 3 N–H and O–H groups in total. The molecule has 0 unspecified atom stereocenters. The minimum Gasteiger partial charge on any atom is -0.387 e. The van der Waals surface area contributed by atoms with Crippen molar-refractivity contribution in [1.29, 1.82) is 5.41 Å². The first kappa shape index (κ1) is 14.7. The van der Waals surface area contributed by atoms with Gasteiger partial charge in [-0.1, -0.05) is 13.8 Å². The van der Waals surface area contributed by atoms with E-state index in [0.29, 0.717) is 0 Å². The zero-order valence-corrected chi connectivity index (χ0v) is 12.3. The van der Waals surface area contributed by atoms with Crippen LogP contribution in [0.1, 0.15) is 20.3 Å². The average molecular weight is 276 g/mol. The Bertz CT molecular complexity index is 436. The summed E-state index contributed by atoms with van der Waals surface area (Å²) in [6, 6.07) is 1.84. The second-order valence-electron chi connectivity index (χ2n) is 5.93. The molecule has 0 atom stereocenters. The van der Waals surface area contributed by atoms with Crippen molar-refractivity contribution in [3.63, 3.8) is 0 Å². The van der Waals surface area contributed by atoms with E-state index in [-0.39, 0.29) is 11.3 Å². The summed E-state index contributed by atoms with van der Waals surface area (Å²) >= 11 is 0. The van der Waals surface area contributed by atoms with Crippen LogP contribution in [0.5, 0.6) is 0 Å². The fourth-order valence-corrected chi connectivity index (χ4v) is 2.20. The molecule has 1 saturated heterocycles. The van der Waals surface area contributed by atoms with Crippen molar-refractivity contribution >= 4 is 11.8 Å². The number of anilines is 1. The predicted molar refractivity (Wildman–Crippen MR) is 81.0 cm³/mol. The minimum atomic E-state index is -0.209. The highest BCUT2D eigenvalue weighted by atomic mass is 15.3. The standard InChI is InChI=1S/C14H24N6/c1-14(2,12(15)16)4-7-19-8-10-20(11-9-19)13-17-5-3-6-18-13/h3,5-6H,4,7-11H2,1-2H3,(H3,15,16). The van der Waals surface area contributed by atoms with Crippen LogP contribution in [-0.2, 0) is 0 Å². The largest absolute Gasteiger partial charge is 0.387 e. The maximum absolute atomic E-state index is 7.59. The molecule has 20 heavy (non-hydrogen) atoms. The van der Waals surface area contributed by atoms with Crippen LogP contribution in [0.2, 0.25) is 0 Å². The molecule has 0 aromatic carbocycles. The first-order valence-corrected chi connectivity index (χ1v) is 7.08. The molecule has 0 spiro atoms.